The largest absolute Gasteiger partial charge is 0.462 e. The lowest BCUT2D eigenvalue weighted by Crippen LogP contribution is -2.38. The molecule has 0 spiro atoms. The third kappa shape index (κ3) is 3.85. The van der Waals surface area contributed by atoms with Gasteiger partial charge in [0.25, 0.3) is 0 Å². The fourth-order valence-electron chi connectivity index (χ4n) is 2.55. The molecular weight excluding hydrogens is 270 g/mol. The Morgan fingerprint density at radius 2 is 2.10 bits per heavy atom. The number of nitrogens with zero attached hydrogens (tertiary/aromatic N) is 2. The molecule has 2 rings (SSSR count). The molecule has 6 nitrogen and oxygen atoms in total. The van der Waals surface area contributed by atoms with E-state index in [1.165, 1.54) is 0 Å². The Balaban J connectivity index is 2.14. The van der Waals surface area contributed by atoms with E-state index in [1.807, 2.05) is 6.92 Å². The van der Waals surface area contributed by atoms with Gasteiger partial charge in [-0.15, -0.1) is 0 Å². The second-order valence-corrected chi connectivity index (χ2v) is 5.00. The molecule has 21 heavy (non-hydrogen) atoms. The van der Waals surface area contributed by atoms with E-state index in [-0.39, 0.29) is 5.97 Å². The van der Waals surface area contributed by atoms with Gasteiger partial charge in [-0.05, 0) is 32.8 Å². The van der Waals surface area contributed by atoms with Gasteiger partial charge in [-0.25, -0.2) is 9.78 Å². The van der Waals surface area contributed by atoms with Crippen LogP contribution in [0.2, 0.25) is 0 Å². The summed E-state index contributed by atoms with van der Waals surface area (Å²) in [5, 5.41) is 0. The number of piperidine rings is 1. The highest BCUT2D eigenvalue weighted by Gasteiger charge is 2.24. The number of aromatic nitrogens is 1. The van der Waals surface area contributed by atoms with Crippen molar-refractivity contribution < 1.29 is 14.3 Å². The molecule has 1 saturated heterocycles. The Labute approximate surface area is 125 Å². The zero-order valence-corrected chi connectivity index (χ0v) is 12.7. The summed E-state index contributed by atoms with van der Waals surface area (Å²) in [5.41, 5.74) is 6.64. The molecule has 116 valence electrons. The minimum absolute atomic E-state index is 0.297. The molecule has 0 atom stereocenters. The molecule has 1 aromatic rings. The van der Waals surface area contributed by atoms with E-state index in [9.17, 15) is 4.79 Å². The molecule has 1 aromatic heterocycles. The first-order chi connectivity index (χ1) is 10.2. The van der Waals surface area contributed by atoms with Gasteiger partial charge in [0.1, 0.15) is 11.4 Å². The van der Waals surface area contributed by atoms with Crippen LogP contribution in [0.15, 0.2) is 12.3 Å². The van der Waals surface area contributed by atoms with Gasteiger partial charge in [0.15, 0.2) is 0 Å². The quantitative estimate of drug-likeness (QED) is 0.835. The molecule has 2 N–H and O–H groups in total. The second kappa shape index (κ2) is 7.26. The van der Waals surface area contributed by atoms with Gasteiger partial charge in [-0.1, -0.05) is 0 Å². The summed E-state index contributed by atoms with van der Waals surface area (Å²) in [6.45, 7) is 6.48. The molecular formula is C15H23N3O3. The van der Waals surface area contributed by atoms with E-state index >= 15 is 0 Å². The first kappa shape index (κ1) is 15.6. The molecule has 6 heteroatoms. The lowest BCUT2D eigenvalue weighted by molar-refractivity contribution is 0.0456. The predicted octanol–water partition coefficient (Wildman–Crippen LogP) is 1.85. The number of rotatable bonds is 5. The summed E-state index contributed by atoms with van der Waals surface area (Å²) in [4.78, 5) is 18.5. The van der Waals surface area contributed by atoms with Crippen molar-refractivity contribution in [2.45, 2.75) is 32.8 Å². The monoisotopic (exact) mass is 293 g/mol. The number of esters is 1. The van der Waals surface area contributed by atoms with E-state index in [2.05, 4.69) is 9.88 Å². The highest BCUT2D eigenvalue weighted by Crippen LogP contribution is 2.25. The van der Waals surface area contributed by atoms with Gasteiger partial charge >= 0.3 is 5.97 Å². The van der Waals surface area contributed by atoms with Crippen molar-refractivity contribution >= 4 is 17.5 Å². The third-order valence-corrected chi connectivity index (χ3v) is 3.53. The zero-order chi connectivity index (χ0) is 15.2. The number of carbonyl (C=O) groups excluding carboxylic acids is 1. The average molecular weight is 293 g/mol. The Kier molecular flexibility index (Phi) is 5.38. The van der Waals surface area contributed by atoms with Crippen molar-refractivity contribution in [2.24, 2.45) is 0 Å². The van der Waals surface area contributed by atoms with Gasteiger partial charge in [-0.3, -0.25) is 0 Å². The van der Waals surface area contributed by atoms with Crippen LogP contribution >= 0.6 is 0 Å². The van der Waals surface area contributed by atoms with Crippen molar-refractivity contribution in [3.05, 3.63) is 17.8 Å². The van der Waals surface area contributed by atoms with Crippen molar-refractivity contribution in [1.82, 2.24) is 4.98 Å². The third-order valence-electron chi connectivity index (χ3n) is 3.53. The number of nitrogens with two attached hydrogens (primary N) is 1. The molecule has 0 aromatic carbocycles. The van der Waals surface area contributed by atoms with Gasteiger partial charge < -0.3 is 20.1 Å². The number of carbonyl (C=O) groups is 1. The topological polar surface area (TPSA) is 77.7 Å². The zero-order valence-electron chi connectivity index (χ0n) is 12.7. The van der Waals surface area contributed by atoms with Crippen LogP contribution in [0.4, 0.5) is 11.5 Å². The summed E-state index contributed by atoms with van der Waals surface area (Å²) < 4.78 is 10.7. The maximum atomic E-state index is 12.1. The van der Waals surface area contributed by atoms with Crippen LogP contribution in [-0.2, 0) is 9.47 Å². The fraction of sp³-hybridized carbons (Fsp3) is 0.600. The second-order valence-electron chi connectivity index (χ2n) is 5.00. The summed E-state index contributed by atoms with van der Waals surface area (Å²) in [6, 6.07) is 1.63. The molecule has 0 bridgehead atoms. The number of nitrogen functional groups attached to an aromatic ring is 1. The summed E-state index contributed by atoms with van der Waals surface area (Å²) in [6.07, 6.45) is 3.74. The average Bonchev–Trinajstić information content (AvgIpc) is 2.49. The number of anilines is 2. The molecule has 0 amide bonds. The molecule has 1 aliphatic heterocycles. The minimum atomic E-state index is -0.376. The normalized spacial score (nSPS) is 16.0. The Bertz CT molecular complexity index is 485. The summed E-state index contributed by atoms with van der Waals surface area (Å²) >= 11 is 0. The molecule has 1 aliphatic rings. The smallest absolute Gasteiger partial charge is 0.341 e. The maximum Gasteiger partial charge on any atom is 0.341 e. The number of pyridine rings is 1. The number of hydrogen-bond donors (Lipinski definition) is 1. The molecule has 0 radical (unpaired) electrons. The lowest BCUT2D eigenvalue weighted by atomic mass is 10.1. The van der Waals surface area contributed by atoms with Crippen LogP contribution in [0.1, 0.15) is 37.0 Å². The molecule has 0 saturated carbocycles. The van der Waals surface area contributed by atoms with E-state index < -0.39 is 0 Å². The van der Waals surface area contributed by atoms with Gasteiger partial charge in [0.05, 0.1) is 24.6 Å². The van der Waals surface area contributed by atoms with Gasteiger partial charge in [-0.2, -0.15) is 0 Å². The SMILES string of the molecule is CCOC(=O)c1cc(N)cnc1N1CCC(OCC)CC1. The van der Waals surface area contributed by atoms with Crippen LogP contribution in [-0.4, -0.2) is 43.4 Å². The fourth-order valence-corrected chi connectivity index (χ4v) is 2.55. The Hall–Kier alpha value is -1.82. The number of ether oxygens (including phenoxy) is 2. The first-order valence-corrected chi connectivity index (χ1v) is 7.44. The van der Waals surface area contributed by atoms with Crippen molar-refractivity contribution in [1.29, 1.82) is 0 Å². The van der Waals surface area contributed by atoms with Crippen LogP contribution in [0.3, 0.4) is 0 Å². The van der Waals surface area contributed by atoms with Crippen LogP contribution < -0.4 is 10.6 Å². The van der Waals surface area contributed by atoms with E-state index in [1.54, 1.807) is 19.2 Å². The van der Waals surface area contributed by atoms with E-state index in [0.717, 1.165) is 32.5 Å². The highest BCUT2D eigenvalue weighted by atomic mass is 16.5. The standard InChI is InChI=1S/C15H23N3O3/c1-3-20-12-5-7-18(8-6-12)14-13(15(19)21-4-2)9-11(16)10-17-14/h9-10,12H,3-8,16H2,1-2H3. The molecule has 2 heterocycles. The van der Waals surface area contributed by atoms with Gasteiger partial charge in [0.2, 0.25) is 0 Å². The lowest BCUT2D eigenvalue weighted by Gasteiger charge is -2.33. The van der Waals surface area contributed by atoms with E-state index in [0.29, 0.717) is 29.8 Å². The van der Waals surface area contributed by atoms with Crippen molar-refractivity contribution in [3.8, 4) is 0 Å². The maximum absolute atomic E-state index is 12.1. The van der Waals surface area contributed by atoms with Crippen molar-refractivity contribution in [3.63, 3.8) is 0 Å². The summed E-state index contributed by atoms with van der Waals surface area (Å²) in [7, 11) is 0. The van der Waals surface area contributed by atoms with Crippen molar-refractivity contribution in [2.75, 3.05) is 36.9 Å². The molecule has 0 aliphatic carbocycles. The molecule has 1 fully saturated rings. The van der Waals surface area contributed by atoms with E-state index in [4.69, 9.17) is 15.2 Å². The number of hydrogen-bond acceptors (Lipinski definition) is 6. The predicted molar refractivity (Wildman–Crippen MR) is 81.5 cm³/mol. The van der Waals surface area contributed by atoms with Gasteiger partial charge in [0, 0.05) is 19.7 Å². The Morgan fingerprint density at radius 3 is 2.71 bits per heavy atom. The molecule has 0 unspecified atom stereocenters. The first-order valence-electron chi connectivity index (χ1n) is 7.44. The van der Waals surface area contributed by atoms with Crippen LogP contribution in [0, 0.1) is 0 Å². The summed E-state index contributed by atoms with van der Waals surface area (Å²) in [5.74, 6) is 0.275. The minimum Gasteiger partial charge on any atom is -0.462 e. The Morgan fingerprint density at radius 1 is 1.38 bits per heavy atom. The highest BCUT2D eigenvalue weighted by molar-refractivity contribution is 5.95. The van der Waals surface area contributed by atoms with Crippen LogP contribution in [0.5, 0.6) is 0 Å². The van der Waals surface area contributed by atoms with Crippen LogP contribution in [0.25, 0.3) is 0 Å².